The van der Waals surface area contributed by atoms with Crippen molar-refractivity contribution >= 4 is 22.4 Å². The smallest absolute Gasteiger partial charge is 0.251 e. The quantitative estimate of drug-likeness (QED) is 0.153. The van der Waals surface area contributed by atoms with Gasteiger partial charge in [-0.1, -0.05) is 32.9 Å². The van der Waals surface area contributed by atoms with Crippen molar-refractivity contribution < 1.29 is 13.9 Å². The van der Waals surface area contributed by atoms with E-state index in [0.29, 0.717) is 62.9 Å². The Kier molecular flexibility index (Phi) is 9.76. The van der Waals surface area contributed by atoms with Gasteiger partial charge in [0.05, 0.1) is 17.1 Å². The predicted octanol–water partition coefficient (Wildman–Crippen LogP) is 7.45. The van der Waals surface area contributed by atoms with E-state index in [1.807, 2.05) is 0 Å². The van der Waals surface area contributed by atoms with Crippen LogP contribution in [0.4, 0.5) is 5.95 Å². The number of hydrogen-bond acceptors (Lipinski definition) is 8. The van der Waals surface area contributed by atoms with E-state index in [0.717, 1.165) is 58.0 Å². The van der Waals surface area contributed by atoms with Crippen LogP contribution in [0.25, 0.3) is 0 Å². The maximum absolute atomic E-state index is 11.7. The number of nitrogens with zero attached hydrogens (tertiary/aromatic N) is 4. The molecule has 7 rings (SSSR count). The van der Waals surface area contributed by atoms with E-state index in [2.05, 4.69) is 73.2 Å². The Labute approximate surface area is 309 Å². The molecule has 1 amide bonds. The van der Waals surface area contributed by atoms with Crippen LogP contribution >= 0.6 is 10.6 Å². The summed E-state index contributed by atoms with van der Waals surface area (Å²) in [5.74, 6) is 4.59. The van der Waals surface area contributed by atoms with E-state index in [1.54, 1.807) is 12.4 Å². The van der Waals surface area contributed by atoms with Crippen molar-refractivity contribution in [1.29, 1.82) is 0 Å². The lowest BCUT2D eigenvalue weighted by molar-refractivity contribution is -0.227. The summed E-state index contributed by atoms with van der Waals surface area (Å²) in [6.45, 7) is 25.6. The molecule has 5 N–H and O–H groups in total. The molecule has 0 unspecified atom stereocenters. The minimum atomic E-state index is -2.33. The highest BCUT2D eigenvalue weighted by Crippen LogP contribution is 2.76. The lowest BCUT2D eigenvalue weighted by atomic mass is 9.33. The number of carbonyl (C=O) groups excluding carboxylic acids is 1. The highest BCUT2D eigenvalue weighted by atomic mass is 32.3. The van der Waals surface area contributed by atoms with Gasteiger partial charge in [-0.25, -0.2) is 9.97 Å². The zero-order chi connectivity index (χ0) is 36.6. The Morgan fingerprint density at radius 1 is 0.941 bits per heavy atom. The number of nitrogens with two attached hydrogens (primary N) is 1. The van der Waals surface area contributed by atoms with Crippen molar-refractivity contribution in [2.24, 2.45) is 57.0 Å². The second-order valence-electron chi connectivity index (χ2n) is 19.3. The number of piperidine rings is 1. The van der Waals surface area contributed by atoms with Gasteiger partial charge in [0.2, 0.25) is 5.95 Å². The maximum atomic E-state index is 11.7. The lowest BCUT2D eigenvalue weighted by Crippen LogP contribution is -2.70. The molecule has 2 aliphatic heterocycles. The topological polar surface area (TPSA) is 128 Å². The number of fused-ring (bicyclic) bond motifs is 7. The van der Waals surface area contributed by atoms with Crippen LogP contribution in [0.1, 0.15) is 116 Å². The maximum Gasteiger partial charge on any atom is 0.251 e. The first kappa shape index (κ1) is 37.6. The molecule has 1 aromatic heterocycles. The van der Waals surface area contributed by atoms with Crippen LogP contribution in [0.5, 0.6) is 0 Å². The van der Waals surface area contributed by atoms with Gasteiger partial charge >= 0.3 is 0 Å². The van der Waals surface area contributed by atoms with Crippen LogP contribution in [0.3, 0.4) is 0 Å². The van der Waals surface area contributed by atoms with Crippen molar-refractivity contribution in [3.05, 3.63) is 30.1 Å². The second kappa shape index (κ2) is 13.2. The summed E-state index contributed by atoms with van der Waals surface area (Å²) in [7, 11) is -2.33. The summed E-state index contributed by atoms with van der Waals surface area (Å²) in [6, 6.07) is 0. The van der Waals surface area contributed by atoms with Crippen molar-refractivity contribution in [3.63, 3.8) is 0 Å². The average Bonchev–Trinajstić information content (AvgIpc) is 3.45. The van der Waals surface area contributed by atoms with Crippen LogP contribution in [-0.4, -0.2) is 86.2 Å². The molecule has 1 aromatic rings. The third-order valence-electron chi connectivity index (χ3n) is 16.9. The molecule has 6 fully saturated rings. The number of allylic oxidation sites excluding steroid dienone is 1. The van der Waals surface area contributed by atoms with Crippen molar-refractivity contribution in [2.75, 3.05) is 55.7 Å². The fourth-order valence-electron chi connectivity index (χ4n) is 14.0. The van der Waals surface area contributed by atoms with E-state index in [-0.39, 0.29) is 11.0 Å². The minimum absolute atomic E-state index is 0.0957. The van der Waals surface area contributed by atoms with Crippen LogP contribution in [0.2, 0.25) is 0 Å². The highest BCUT2D eigenvalue weighted by molar-refractivity contribution is 8.24. The molecule has 0 aromatic carbocycles. The summed E-state index contributed by atoms with van der Waals surface area (Å²) in [6.07, 6.45) is 15.9. The molecule has 9 atom stereocenters. The van der Waals surface area contributed by atoms with Crippen molar-refractivity contribution in [2.45, 2.75) is 111 Å². The number of amides is 1. The Morgan fingerprint density at radius 3 is 2.31 bits per heavy atom. The van der Waals surface area contributed by atoms with E-state index >= 15 is 0 Å². The first-order chi connectivity index (χ1) is 24.0. The van der Waals surface area contributed by atoms with E-state index < -0.39 is 16.5 Å². The number of aromatic nitrogens is 2. The number of anilines is 1. The molecule has 4 saturated carbocycles. The van der Waals surface area contributed by atoms with E-state index in [4.69, 9.17) is 5.73 Å². The fourth-order valence-corrected chi connectivity index (χ4v) is 15.3. The molecule has 0 bridgehead atoms. The van der Waals surface area contributed by atoms with Crippen LogP contribution in [0, 0.1) is 51.2 Å². The van der Waals surface area contributed by atoms with Gasteiger partial charge in [0.1, 0.15) is 0 Å². The number of carbonyl (C=O) groups is 1. The summed E-state index contributed by atoms with van der Waals surface area (Å²) < 4.78 is 20.0. The van der Waals surface area contributed by atoms with Crippen molar-refractivity contribution in [3.8, 4) is 0 Å². The first-order valence-corrected chi connectivity index (χ1v) is 22.1. The summed E-state index contributed by atoms with van der Waals surface area (Å²) in [5.41, 5.74) is 8.40. The summed E-state index contributed by atoms with van der Waals surface area (Å²) >= 11 is 0. The fraction of sp³-hybridized carbons (Fsp3) is 0.829. The van der Waals surface area contributed by atoms with E-state index in [1.165, 1.54) is 56.9 Å². The second-order valence-corrected chi connectivity index (χ2v) is 21.7. The van der Waals surface area contributed by atoms with Gasteiger partial charge in [-0.2, -0.15) is 10.6 Å². The first-order valence-electron chi connectivity index (χ1n) is 20.2. The SMILES string of the molecule is C=C(C)[C@@H]1CC[C@]2(CNCCCN3CCS(O)(O)CC3)CC[C@]3(C)[C@H](CC[C@@H]4[C@@]5(C)CCN(c6ncc(C(N)=O)cn6)C(C)(C)[C@@H]5CC[C@]43C)[C@@H]12. The number of primary amides is 1. The molecule has 4 aliphatic carbocycles. The molecule has 6 aliphatic rings. The highest BCUT2D eigenvalue weighted by Gasteiger charge is 2.70. The molecule has 9 nitrogen and oxygen atoms in total. The largest absolute Gasteiger partial charge is 0.366 e. The van der Waals surface area contributed by atoms with Gasteiger partial charge in [-0.15, -0.1) is 0 Å². The Morgan fingerprint density at radius 2 is 1.65 bits per heavy atom. The van der Waals surface area contributed by atoms with Gasteiger partial charge in [-0.3, -0.25) is 13.9 Å². The van der Waals surface area contributed by atoms with Gasteiger partial charge in [-0.05, 0) is 149 Å². The molecule has 10 heteroatoms. The van der Waals surface area contributed by atoms with Crippen LogP contribution in [0.15, 0.2) is 24.5 Å². The van der Waals surface area contributed by atoms with Gasteiger partial charge < -0.3 is 20.9 Å². The predicted molar refractivity (Wildman–Crippen MR) is 209 cm³/mol. The molecule has 3 heterocycles. The molecule has 286 valence electrons. The zero-order valence-corrected chi connectivity index (χ0v) is 33.4. The molecular weight excluding hydrogens is 657 g/mol. The normalized spacial score (nSPS) is 42.2. The standard InChI is InChI=1S/C41H68N6O3S/c1-28(2)30-11-14-41(27-43-18-8-19-46-21-23-51(49,50)24-22-46)16-15-39(6)31(34(30)41)9-10-33-38(5)17-20-47(36-44-25-29(26-45-36)35(42)48)37(3,4)32(38)12-13-40(33,39)7/h25-26,30-34,43,49-50H,1,8-24,27H2,2-7H3,(H2,42,48)/t30-,31+,32-,33+,34+,38-,39+,40+,41+/m0/s1. The minimum Gasteiger partial charge on any atom is -0.366 e. The monoisotopic (exact) mass is 725 g/mol. The molecular formula is C41H68N6O3S. The van der Waals surface area contributed by atoms with E-state index in [9.17, 15) is 13.9 Å². The van der Waals surface area contributed by atoms with Crippen LogP contribution < -0.4 is 16.0 Å². The molecule has 51 heavy (non-hydrogen) atoms. The molecule has 2 saturated heterocycles. The van der Waals surface area contributed by atoms with Gasteiger partial charge in [0, 0.05) is 44.1 Å². The average molecular weight is 725 g/mol. The van der Waals surface area contributed by atoms with Gasteiger partial charge in [0.15, 0.2) is 0 Å². The number of nitrogens with one attached hydrogen (secondary N) is 1. The third-order valence-corrected chi connectivity index (χ3v) is 18.5. The molecule has 0 radical (unpaired) electrons. The van der Waals surface area contributed by atoms with Crippen LogP contribution in [-0.2, 0) is 0 Å². The number of rotatable bonds is 9. The Bertz CT molecular complexity index is 1480. The Balaban J connectivity index is 1.07. The number of hydrogen-bond donors (Lipinski definition) is 4. The molecule has 0 spiro atoms. The zero-order valence-electron chi connectivity index (χ0n) is 32.6. The summed E-state index contributed by atoms with van der Waals surface area (Å²) in [4.78, 5) is 25.8. The van der Waals surface area contributed by atoms with Gasteiger partial charge in [0.25, 0.3) is 5.91 Å². The third kappa shape index (κ3) is 6.09. The Hall–Kier alpha value is -1.72. The van der Waals surface area contributed by atoms with Crippen molar-refractivity contribution in [1.82, 2.24) is 20.2 Å². The summed E-state index contributed by atoms with van der Waals surface area (Å²) in [5, 5.41) is 4.00. The lowest BCUT2D eigenvalue weighted by Gasteiger charge is -2.73.